The van der Waals surface area contributed by atoms with Gasteiger partial charge in [0, 0.05) is 36.6 Å². The molecule has 2 heterocycles. The Morgan fingerprint density at radius 2 is 1.07 bits per heavy atom. The SMILES string of the molecule is CC1(C)c2cc(-n3c4ccccc4c4ccccc43)ccc2-c2cc3c(cc2C1(C)C)sc1ccc(-c2ccccc2)cc13. The van der Waals surface area contributed by atoms with E-state index in [-0.39, 0.29) is 10.8 Å². The third-order valence-electron chi connectivity index (χ3n) is 10.8. The first kappa shape index (κ1) is 25.8. The number of hydrogen-bond acceptors (Lipinski definition) is 1. The Labute approximate surface area is 262 Å². The second-order valence-electron chi connectivity index (χ2n) is 13.4. The summed E-state index contributed by atoms with van der Waals surface area (Å²) in [4.78, 5) is 0. The smallest absolute Gasteiger partial charge is 0.0541 e. The summed E-state index contributed by atoms with van der Waals surface area (Å²) in [6, 6.07) is 47.5. The highest BCUT2D eigenvalue weighted by Gasteiger charge is 2.46. The van der Waals surface area contributed by atoms with Crippen molar-refractivity contribution in [2.24, 2.45) is 0 Å². The van der Waals surface area contributed by atoms with E-state index in [0.717, 1.165) is 0 Å². The largest absolute Gasteiger partial charge is 0.309 e. The standard InChI is InChI=1S/C42H33NS/c1-41(2)35-23-28(43-37-16-10-8-14-30(37)31-15-9-11-17-38(31)43)19-20-29(35)32-24-34-33-22-27(26-12-6-5-7-13-26)18-21-39(33)44-40(34)25-36(32)42(41,3)4/h5-25H,1-4H3. The predicted octanol–water partition coefficient (Wildman–Crippen LogP) is 12.1. The van der Waals surface area contributed by atoms with Crippen LogP contribution in [0.2, 0.25) is 0 Å². The Kier molecular flexibility index (Phi) is 5.24. The zero-order valence-corrected chi connectivity index (χ0v) is 26.3. The first-order chi connectivity index (χ1) is 21.3. The third kappa shape index (κ3) is 3.41. The van der Waals surface area contributed by atoms with Gasteiger partial charge in [0.15, 0.2) is 0 Å². The molecule has 0 fully saturated rings. The summed E-state index contributed by atoms with van der Waals surface area (Å²) in [5, 5.41) is 5.30. The van der Waals surface area contributed by atoms with Crippen molar-refractivity contribution in [1.82, 2.24) is 4.57 Å². The molecule has 1 aliphatic rings. The molecular weight excluding hydrogens is 551 g/mol. The van der Waals surface area contributed by atoms with Crippen molar-refractivity contribution in [2.45, 2.75) is 38.5 Å². The number of hydrogen-bond donors (Lipinski definition) is 0. The van der Waals surface area contributed by atoms with Crippen LogP contribution in [0, 0.1) is 0 Å². The molecule has 0 atom stereocenters. The van der Waals surface area contributed by atoms with E-state index in [2.05, 4.69) is 160 Å². The zero-order valence-electron chi connectivity index (χ0n) is 25.5. The molecule has 6 aromatic carbocycles. The number of fused-ring (bicyclic) bond motifs is 9. The Bertz CT molecular complexity index is 2380. The molecule has 8 aromatic rings. The highest BCUT2D eigenvalue weighted by molar-refractivity contribution is 7.25. The Morgan fingerprint density at radius 1 is 0.455 bits per heavy atom. The van der Waals surface area contributed by atoms with Crippen molar-refractivity contribution in [3.8, 4) is 27.9 Å². The van der Waals surface area contributed by atoms with Gasteiger partial charge in [0.2, 0.25) is 0 Å². The van der Waals surface area contributed by atoms with Crippen molar-refractivity contribution in [1.29, 1.82) is 0 Å². The van der Waals surface area contributed by atoms with Gasteiger partial charge in [-0.2, -0.15) is 0 Å². The molecule has 212 valence electrons. The first-order valence-corrected chi connectivity index (χ1v) is 16.3. The van der Waals surface area contributed by atoms with Gasteiger partial charge in [-0.3, -0.25) is 0 Å². The van der Waals surface area contributed by atoms with Crippen LogP contribution in [-0.2, 0) is 10.8 Å². The average Bonchev–Trinajstić information content (AvgIpc) is 3.58. The molecule has 2 heteroatoms. The molecule has 1 aliphatic carbocycles. The van der Waals surface area contributed by atoms with Crippen LogP contribution in [0.3, 0.4) is 0 Å². The van der Waals surface area contributed by atoms with Crippen LogP contribution < -0.4 is 0 Å². The maximum atomic E-state index is 2.50. The van der Waals surface area contributed by atoms with Gasteiger partial charge in [0.25, 0.3) is 0 Å². The van der Waals surface area contributed by atoms with Crippen molar-refractivity contribution in [2.75, 3.05) is 0 Å². The van der Waals surface area contributed by atoms with E-state index in [0.29, 0.717) is 0 Å². The number of para-hydroxylation sites is 2. The number of rotatable bonds is 2. The van der Waals surface area contributed by atoms with Gasteiger partial charge >= 0.3 is 0 Å². The number of thiophene rings is 1. The van der Waals surface area contributed by atoms with E-state index >= 15 is 0 Å². The predicted molar refractivity (Wildman–Crippen MR) is 191 cm³/mol. The van der Waals surface area contributed by atoms with Gasteiger partial charge in [-0.05, 0) is 92.7 Å². The number of nitrogens with zero attached hydrogens (tertiary/aromatic N) is 1. The molecule has 0 amide bonds. The van der Waals surface area contributed by atoms with Gasteiger partial charge in [-0.1, -0.05) is 107 Å². The summed E-state index contributed by atoms with van der Waals surface area (Å²) in [5.74, 6) is 0. The molecule has 0 bridgehead atoms. The minimum atomic E-state index is -0.0745. The van der Waals surface area contributed by atoms with E-state index in [9.17, 15) is 0 Å². The Balaban J connectivity index is 1.30. The van der Waals surface area contributed by atoms with Gasteiger partial charge in [0.1, 0.15) is 0 Å². The molecule has 0 unspecified atom stereocenters. The molecule has 0 spiro atoms. The van der Waals surface area contributed by atoms with E-state index < -0.39 is 0 Å². The maximum absolute atomic E-state index is 2.50. The Hall–Kier alpha value is -4.66. The van der Waals surface area contributed by atoms with E-state index in [1.807, 2.05) is 11.3 Å². The van der Waals surface area contributed by atoms with E-state index in [4.69, 9.17) is 0 Å². The van der Waals surface area contributed by atoms with Crippen LogP contribution in [0.1, 0.15) is 38.8 Å². The normalized spacial score (nSPS) is 15.2. The van der Waals surface area contributed by atoms with E-state index in [1.165, 1.54) is 81.0 Å². The monoisotopic (exact) mass is 583 g/mol. The fourth-order valence-corrected chi connectivity index (χ4v) is 8.78. The lowest BCUT2D eigenvalue weighted by Crippen LogP contribution is -2.43. The topological polar surface area (TPSA) is 4.93 Å². The minimum absolute atomic E-state index is 0.0612. The van der Waals surface area contributed by atoms with Crippen molar-refractivity contribution < 1.29 is 0 Å². The van der Waals surface area contributed by atoms with Crippen LogP contribution >= 0.6 is 11.3 Å². The summed E-state index contributed by atoms with van der Waals surface area (Å²) in [5.41, 5.74) is 11.7. The molecule has 0 saturated carbocycles. The molecule has 0 saturated heterocycles. The minimum Gasteiger partial charge on any atom is -0.309 e. The maximum Gasteiger partial charge on any atom is 0.0541 e. The van der Waals surface area contributed by atoms with Crippen molar-refractivity contribution >= 4 is 53.3 Å². The van der Waals surface area contributed by atoms with Crippen molar-refractivity contribution in [3.05, 3.63) is 139 Å². The van der Waals surface area contributed by atoms with Gasteiger partial charge in [0.05, 0.1) is 11.0 Å². The summed E-state index contributed by atoms with van der Waals surface area (Å²) < 4.78 is 5.17. The fourth-order valence-electron chi connectivity index (χ4n) is 7.67. The van der Waals surface area contributed by atoms with Gasteiger partial charge in [-0.15, -0.1) is 11.3 Å². The first-order valence-electron chi connectivity index (χ1n) is 15.5. The van der Waals surface area contributed by atoms with Crippen molar-refractivity contribution in [3.63, 3.8) is 0 Å². The summed E-state index contributed by atoms with van der Waals surface area (Å²) >= 11 is 1.92. The molecule has 0 aliphatic heterocycles. The molecular formula is C42H33NS. The van der Waals surface area contributed by atoms with Crippen LogP contribution in [-0.4, -0.2) is 4.57 Å². The lowest BCUT2D eigenvalue weighted by molar-refractivity contribution is 0.299. The lowest BCUT2D eigenvalue weighted by Gasteiger charge is -2.48. The lowest BCUT2D eigenvalue weighted by atomic mass is 9.55. The third-order valence-corrected chi connectivity index (χ3v) is 11.9. The molecule has 44 heavy (non-hydrogen) atoms. The molecule has 0 N–H and O–H groups in total. The highest BCUT2D eigenvalue weighted by atomic mass is 32.1. The summed E-state index contributed by atoms with van der Waals surface area (Å²) in [6.07, 6.45) is 0. The number of aromatic nitrogens is 1. The summed E-state index contributed by atoms with van der Waals surface area (Å²) in [7, 11) is 0. The summed E-state index contributed by atoms with van der Waals surface area (Å²) in [6.45, 7) is 9.75. The quantitative estimate of drug-likeness (QED) is 0.191. The van der Waals surface area contributed by atoms with Crippen LogP contribution in [0.15, 0.2) is 127 Å². The number of benzene rings is 6. The molecule has 2 aromatic heterocycles. The van der Waals surface area contributed by atoms with Crippen LogP contribution in [0.4, 0.5) is 0 Å². The molecule has 0 radical (unpaired) electrons. The Morgan fingerprint density at radius 3 is 1.77 bits per heavy atom. The van der Waals surface area contributed by atoms with Crippen LogP contribution in [0.25, 0.3) is 69.9 Å². The van der Waals surface area contributed by atoms with Crippen LogP contribution in [0.5, 0.6) is 0 Å². The highest BCUT2D eigenvalue weighted by Crippen LogP contribution is 2.56. The molecule has 1 nitrogen and oxygen atoms in total. The average molecular weight is 584 g/mol. The second-order valence-corrected chi connectivity index (χ2v) is 14.5. The van der Waals surface area contributed by atoms with Gasteiger partial charge in [-0.25, -0.2) is 0 Å². The fraction of sp³-hybridized carbons (Fsp3) is 0.143. The van der Waals surface area contributed by atoms with E-state index in [1.54, 1.807) is 0 Å². The van der Waals surface area contributed by atoms with Gasteiger partial charge < -0.3 is 4.57 Å². The molecule has 9 rings (SSSR count). The zero-order chi connectivity index (χ0) is 29.8. The second kappa shape index (κ2) is 8.94.